The van der Waals surface area contributed by atoms with Crippen LogP contribution in [0.3, 0.4) is 0 Å². The van der Waals surface area contributed by atoms with Crippen LogP contribution >= 0.6 is 0 Å². The maximum Gasteiger partial charge on any atom is 0.327 e. The van der Waals surface area contributed by atoms with E-state index in [2.05, 4.69) is 49.3 Å². The average Bonchev–Trinajstić information content (AvgIpc) is 3.19. The summed E-state index contributed by atoms with van der Waals surface area (Å²) in [6.07, 6.45) is 4.44. The summed E-state index contributed by atoms with van der Waals surface area (Å²) < 4.78 is 0. The summed E-state index contributed by atoms with van der Waals surface area (Å²) in [5, 5.41) is 2.72. The summed E-state index contributed by atoms with van der Waals surface area (Å²) in [6, 6.07) is 14.0. The van der Waals surface area contributed by atoms with Gasteiger partial charge in [-0.2, -0.15) is 0 Å². The van der Waals surface area contributed by atoms with Crippen molar-refractivity contribution in [1.29, 1.82) is 0 Å². The van der Waals surface area contributed by atoms with Crippen molar-refractivity contribution in [3.8, 4) is 0 Å². The van der Waals surface area contributed by atoms with E-state index in [0.29, 0.717) is 11.5 Å². The predicted molar refractivity (Wildman–Crippen MR) is 126 cm³/mol. The van der Waals surface area contributed by atoms with Gasteiger partial charge < -0.3 is 10.3 Å². The first-order valence-corrected chi connectivity index (χ1v) is 10.9. The minimum absolute atomic E-state index is 0.138. The van der Waals surface area contributed by atoms with Crippen LogP contribution in [0.5, 0.6) is 0 Å². The van der Waals surface area contributed by atoms with Crippen molar-refractivity contribution in [2.45, 2.75) is 39.0 Å². The Hall–Kier alpha value is -4.01. The molecular formula is C24H26N6O3. The van der Waals surface area contributed by atoms with Crippen molar-refractivity contribution in [2.24, 2.45) is 5.92 Å². The van der Waals surface area contributed by atoms with Gasteiger partial charge in [-0.15, -0.1) is 0 Å². The Kier molecular flexibility index (Phi) is 6.48. The van der Waals surface area contributed by atoms with Gasteiger partial charge in [0, 0.05) is 6.92 Å². The van der Waals surface area contributed by atoms with Gasteiger partial charge in [0.2, 0.25) is 5.91 Å². The molecule has 3 aromatic heterocycles. The summed E-state index contributed by atoms with van der Waals surface area (Å²) >= 11 is 0. The number of carbonyl (C=O) groups is 1. The molecule has 3 heterocycles. The van der Waals surface area contributed by atoms with Crippen LogP contribution in [-0.2, 0) is 11.2 Å². The maximum absolute atomic E-state index is 12.2. The molecule has 0 bridgehead atoms. The van der Waals surface area contributed by atoms with Gasteiger partial charge in [0.05, 0.1) is 23.5 Å². The largest absolute Gasteiger partial charge is 0.336 e. The Morgan fingerprint density at radius 1 is 1.06 bits per heavy atom. The van der Waals surface area contributed by atoms with E-state index >= 15 is 0 Å². The lowest BCUT2D eigenvalue weighted by molar-refractivity contribution is -0.114. The van der Waals surface area contributed by atoms with Gasteiger partial charge in [0.25, 0.3) is 5.56 Å². The molecule has 0 saturated carbocycles. The molecule has 9 heteroatoms. The van der Waals surface area contributed by atoms with E-state index in [4.69, 9.17) is 0 Å². The number of fused-ring (bicyclic) bond motifs is 1. The molecule has 9 nitrogen and oxygen atoms in total. The van der Waals surface area contributed by atoms with Crippen LogP contribution in [0.4, 0.5) is 5.69 Å². The molecular weight excluding hydrogens is 420 g/mol. The minimum atomic E-state index is -0.601. The summed E-state index contributed by atoms with van der Waals surface area (Å²) in [7, 11) is 0. The number of amides is 1. The number of aryl methyl sites for hydroxylation is 1. The molecule has 4 aromatic rings. The molecule has 33 heavy (non-hydrogen) atoms. The number of hydrogen-bond donors (Lipinski definition) is 4. The molecule has 4 N–H and O–H groups in total. The summed E-state index contributed by atoms with van der Waals surface area (Å²) in [4.78, 5) is 52.2. The van der Waals surface area contributed by atoms with Gasteiger partial charge in [-0.05, 0) is 42.9 Å². The van der Waals surface area contributed by atoms with Crippen LogP contribution in [0.15, 0.2) is 58.3 Å². The Bertz CT molecular complexity index is 1350. The lowest BCUT2D eigenvalue weighted by Crippen LogP contribution is -2.21. The molecule has 2 unspecified atom stereocenters. The van der Waals surface area contributed by atoms with Gasteiger partial charge >= 0.3 is 5.69 Å². The van der Waals surface area contributed by atoms with E-state index in [0.717, 1.165) is 25.0 Å². The highest BCUT2D eigenvalue weighted by atomic mass is 16.2. The first-order valence-electron chi connectivity index (χ1n) is 10.9. The van der Waals surface area contributed by atoms with Crippen LogP contribution < -0.4 is 16.6 Å². The first-order chi connectivity index (χ1) is 15.9. The fraction of sp³-hybridized carbons (Fsp3) is 0.292. The smallest absolute Gasteiger partial charge is 0.327 e. The molecule has 0 radical (unpaired) electrons. The molecule has 0 aliphatic carbocycles. The second-order valence-corrected chi connectivity index (χ2v) is 8.24. The highest BCUT2D eigenvalue weighted by molar-refractivity contribution is 5.88. The number of rotatable bonds is 8. The van der Waals surface area contributed by atoms with E-state index in [1.807, 2.05) is 24.3 Å². The standard InChI is InChI=1S/C24H26N6O3/c1-14(7-6-10-16-8-4-3-5-9-16)19(18-12-11-17(13-25-18)26-15(2)31)21-27-20-22(28-21)29-24(33)30-23(20)32/h3-5,8-9,11-14,19H,6-7,10H2,1-2H3,(H,26,31)(H3,27,28,29,30,32,33). The van der Waals surface area contributed by atoms with Crippen LogP contribution in [0, 0.1) is 5.92 Å². The zero-order valence-corrected chi connectivity index (χ0v) is 18.5. The Morgan fingerprint density at radius 2 is 1.85 bits per heavy atom. The van der Waals surface area contributed by atoms with Crippen LogP contribution in [0.2, 0.25) is 0 Å². The SMILES string of the molecule is CC(=O)Nc1ccc(C(c2nc3[nH]c(=O)[nH]c(=O)c3[nH]2)C(C)CCCc2ccccc2)nc1. The van der Waals surface area contributed by atoms with E-state index in [9.17, 15) is 14.4 Å². The Morgan fingerprint density at radius 3 is 2.55 bits per heavy atom. The van der Waals surface area contributed by atoms with Crippen LogP contribution in [0.1, 0.15) is 49.7 Å². The minimum Gasteiger partial charge on any atom is -0.336 e. The number of anilines is 1. The van der Waals surface area contributed by atoms with Gasteiger partial charge in [-0.25, -0.2) is 9.78 Å². The predicted octanol–water partition coefficient (Wildman–Crippen LogP) is 3.08. The van der Waals surface area contributed by atoms with Crippen molar-refractivity contribution in [3.63, 3.8) is 0 Å². The summed E-state index contributed by atoms with van der Waals surface area (Å²) in [5.41, 5.74) is 1.97. The van der Waals surface area contributed by atoms with Gasteiger partial charge in [-0.3, -0.25) is 24.5 Å². The van der Waals surface area contributed by atoms with Gasteiger partial charge in [-0.1, -0.05) is 37.3 Å². The normalized spacial score (nSPS) is 13.0. The number of nitrogens with zero attached hydrogens (tertiary/aromatic N) is 2. The maximum atomic E-state index is 12.2. The third-order valence-electron chi connectivity index (χ3n) is 5.66. The zero-order valence-electron chi connectivity index (χ0n) is 18.5. The van der Waals surface area contributed by atoms with Crippen molar-refractivity contribution in [3.05, 3.63) is 86.6 Å². The van der Waals surface area contributed by atoms with E-state index in [1.54, 1.807) is 12.3 Å². The number of imidazole rings is 1. The molecule has 4 rings (SSSR count). The lowest BCUT2D eigenvalue weighted by atomic mass is 9.85. The highest BCUT2D eigenvalue weighted by Crippen LogP contribution is 2.33. The number of aromatic nitrogens is 5. The molecule has 0 saturated heterocycles. The fourth-order valence-corrected chi connectivity index (χ4v) is 4.11. The van der Waals surface area contributed by atoms with Gasteiger partial charge in [0.1, 0.15) is 11.3 Å². The number of pyridine rings is 1. The van der Waals surface area contributed by atoms with Crippen molar-refractivity contribution in [1.82, 2.24) is 24.9 Å². The van der Waals surface area contributed by atoms with Crippen molar-refractivity contribution < 1.29 is 4.79 Å². The summed E-state index contributed by atoms with van der Waals surface area (Å²) in [6.45, 7) is 3.57. The molecule has 2 atom stereocenters. The zero-order chi connectivity index (χ0) is 23.4. The third-order valence-corrected chi connectivity index (χ3v) is 5.66. The van der Waals surface area contributed by atoms with Gasteiger partial charge in [0.15, 0.2) is 5.65 Å². The second kappa shape index (κ2) is 9.64. The topological polar surface area (TPSA) is 136 Å². The van der Waals surface area contributed by atoms with E-state index in [1.165, 1.54) is 12.5 Å². The monoisotopic (exact) mass is 446 g/mol. The number of aromatic amines is 3. The Labute approximate surface area is 189 Å². The highest BCUT2D eigenvalue weighted by Gasteiger charge is 2.26. The second-order valence-electron chi connectivity index (χ2n) is 8.24. The number of benzene rings is 1. The average molecular weight is 447 g/mol. The molecule has 0 spiro atoms. The quantitative estimate of drug-likeness (QED) is 0.330. The number of nitrogens with one attached hydrogen (secondary N) is 4. The number of H-pyrrole nitrogens is 3. The lowest BCUT2D eigenvalue weighted by Gasteiger charge is -2.22. The van der Waals surface area contributed by atoms with E-state index in [-0.39, 0.29) is 28.9 Å². The first kappa shape index (κ1) is 22.2. The van der Waals surface area contributed by atoms with Crippen molar-refractivity contribution >= 4 is 22.8 Å². The van der Waals surface area contributed by atoms with Crippen molar-refractivity contribution in [2.75, 3.05) is 5.32 Å². The third kappa shape index (κ3) is 5.25. The van der Waals surface area contributed by atoms with E-state index < -0.39 is 11.2 Å². The molecule has 0 fully saturated rings. The molecule has 1 aromatic carbocycles. The Balaban J connectivity index is 1.64. The summed E-state index contributed by atoms with van der Waals surface area (Å²) in [5.74, 6) is 0.293. The number of carbonyl (C=O) groups excluding carboxylic acids is 1. The van der Waals surface area contributed by atoms with Crippen LogP contribution in [0.25, 0.3) is 11.2 Å². The molecule has 0 aliphatic rings. The molecule has 1 amide bonds. The molecule has 170 valence electrons. The molecule has 0 aliphatic heterocycles. The number of hydrogen-bond acceptors (Lipinski definition) is 5. The fourth-order valence-electron chi connectivity index (χ4n) is 4.11. The van der Waals surface area contributed by atoms with Crippen LogP contribution in [-0.4, -0.2) is 30.8 Å².